The fourth-order valence-corrected chi connectivity index (χ4v) is 7.14. The van der Waals surface area contributed by atoms with Gasteiger partial charge in [-0.05, 0) is 68.2 Å². The number of hydrogen-bond donors (Lipinski definition) is 0. The number of hydrogen-bond acceptors (Lipinski definition) is 4. The van der Waals surface area contributed by atoms with Crippen molar-refractivity contribution in [2.75, 3.05) is 0 Å². The summed E-state index contributed by atoms with van der Waals surface area (Å²) in [6, 6.07) is 56.9. The van der Waals surface area contributed by atoms with Crippen LogP contribution in [0.2, 0.25) is 0 Å². The summed E-state index contributed by atoms with van der Waals surface area (Å²) in [5, 5.41) is 9.26. The van der Waals surface area contributed by atoms with Gasteiger partial charge in [0.25, 0.3) is 0 Å². The minimum Gasteiger partial charge on any atom is -0.456 e. The summed E-state index contributed by atoms with van der Waals surface area (Å²) in [6.07, 6.45) is 0. The number of benzene rings is 8. The lowest BCUT2D eigenvalue weighted by molar-refractivity contribution is 0.669. The van der Waals surface area contributed by atoms with Crippen LogP contribution in [0, 0.1) is 0 Å². The van der Waals surface area contributed by atoms with E-state index in [2.05, 4.69) is 115 Å². The molecule has 4 nitrogen and oxygen atoms in total. The van der Waals surface area contributed by atoms with Crippen LogP contribution in [-0.4, -0.2) is 15.0 Å². The van der Waals surface area contributed by atoms with E-state index in [1.807, 2.05) is 48.5 Å². The van der Waals surface area contributed by atoms with Gasteiger partial charge in [0, 0.05) is 33.0 Å². The molecule has 8 aromatic carbocycles. The topological polar surface area (TPSA) is 51.8 Å². The zero-order chi connectivity index (χ0) is 32.3. The van der Waals surface area contributed by atoms with Crippen LogP contribution in [0.15, 0.2) is 168 Å². The van der Waals surface area contributed by atoms with Crippen LogP contribution in [0.25, 0.3) is 99.5 Å². The minimum atomic E-state index is 0.609. The van der Waals surface area contributed by atoms with Crippen molar-refractivity contribution in [2.24, 2.45) is 0 Å². The summed E-state index contributed by atoms with van der Waals surface area (Å²) >= 11 is 0. The molecule has 0 bridgehead atoms. The average molecular weight is 626 g/mol. The lowest BCUT2D eigenvalue weighted by Gasteiger charge is -2.14. The third-order valence-corrected chi connectivity index (χ3v) is 9.49. The van der Waals surface area contributed by atoms with Crippen LogP contribution in [-0.2, 0) is 0 Å². The zero-order valence-electron chi connectivity index (χ0n) is 26.3. The Hall–Kier alpha value is -6.65. The monoisotopic (exact) mass is 625 g/mol. The zero-order valence-corrected chi connectivity index (χ0v) is 26.3. The Morgan fingerprint density at radius 1 is 0.347 bits per heavy atom. The highest BCUT2D eigenvalue weighted by Gasteiger charge is 2.21. The van der Waals surface area contributed by atoms with Crippen molar-refractivity contribution >= 4 is 54.3 Å². The summed E-state index contributed by atoms with van der Waals surface area (Å²) in [5.41, 5.74) is 6.57. The van der Waals surface area contributed by atoms with Gasteiger partial charge in [-0.15, -0.1) is 0 Å². The molecule has 0 aliphatic heterocycles. The molecule has 0 fully saturated rings. The van der Waals surface area contributed by atoms with E-state index in [1.54, 1.807) is 0 Å². The van der Waals surface area contributed by atoms with E-state index < -0.39 is 0 Å². The summed E-state index contributed by atoms with van der Waals surface area (Å²) in [4.78, 5) is 15.5. The van der Waals surface area contributed by atoms with E-state index in [4.69, 9.17) is 19.4 Å². The van der Waals surface area contributed by atoms with Crippen LogP contribution >= 0.6 is 0 Å². The Labute approximate surface area is 282 Å². The van der Waals surface area contributed by atoms with E-state index in [9.17, 15) is 0 Å². The van der Waals surface area contributed by atoms with Crippen molar-refractivity contribution in [2.45, 2.75) is 0 Å². The van der Waals surface area contributed by atoms with Crippen LogP contribution in [0.3, 0.4) is 0 Å². The van der Waals surface area contributed by atoms with Gasteiger partial charge in [-0.1, -0.05) is 133 Å². The summed E-state index contributed by atoms with van der Waals surface area (Å²) in [7, 11) is 0. The molecule has 0 radical (unpaired) electrons. The van der Waals surface area contributed by atoms with Gasteiger partial charge in [0.05, 0.1) is 0 Å². The minimum absolute atomic E-state index is 0.609. The molecule has 0 spiro atoms. The second-order valence-corrected chi connectivity index (χ2v) is 12.4. The van der Waals surface area contributed by atoms with Gasteiger partial charge in [0.2, 0.25) is 0 Å². The molecule has 0 saturated heterocycles. The molecular weight excluding hydrogens is 599 g/mol. The largest absolute Gasteiger partial charge is 0.456 e. The molecule has 2 aromatic heterocycles. The highest BCUT2D eigenvalue weighted by molar-refractivity contribution is 6.16. The quantitative estimate of drug-likeness (QED) is 0.183. The van der Waals surface area contributed by atoms with Crippen molar-refractivity contribution < 1.29 is 4.42 Å². The molecule has 10 rings (SSSR count). The SMILES string of the molecule is c1ccc(-c2nc(-c3ccc4c(ccc5ccccc54)c3)nc(-c3ccc4oc5ccccc5c4c3-c3ccc4ccccc4c3)n2)cc1. The second kappa shape index (κ2) is 11.0. The maximum atomic E-state index is 6.40. The first-order valence-electron chi connectivity index (χ1n) is 16.4. The van der Waals surface area contributed by atoms with Gasteiger partial charge in [-0.3, -0.25) is 0 Å². The van der Waals surface area contributed by atoms with Crippen LogP contribution in [0.5, 0.6) is 0 Å². The molecule has 0 aliphatic carbocycles. The second-order valence-electron chi connectivity index (χ2n) is 12.4. The van der Waals surface area contributed by atoms with Gasteiger partial charge < -0.3 is 4.42 Å². The molecule has 2 heterocycles. The van der Waals surface area contributed by atoms with Crippen molar-refractivity contribution in [3.63, 3.8) is 0 Å². The van der Waals surface area contributed by atoms with Crippen LogP contribution in [0.4, 0.5) is 0 Å². The number of para-hydroxylation sites is 1. The Morgan fingerprint density at radius 3 is 1.84 bits per heavy atom. The summed E-state index contributed by atoms with van der Waals surface area (Å²) in [6.45, 7) is 0. The molecule has 0 atom stereocenters. The van der Waals surface area contributed by atoms with Crippen LogP contribution < -0.4 is 0 Å². The predicted molar refractivity (Wildman–Crippen MR) is 201 cm³/mol. The molecular formula is C45H27N3O. The molecule has 10 aromatic rings. The molecule has 0 saturated carbocycles. The number of rotatable bonds is 4. The number of aromatic nitrogens is 3. The van der Waals surface area contributed by atoms with Crippen molar-refractivity contribution in [1.29, 1.82) is 0 Å². The molecule has 228 valence electrons. The summed E-state index contributed by atoms with van der Waals surface area (Å²) in [5.74, 6) is 1.86. The first kappa shape index (κ1) is 27.5. The molecule has 4 heteroatoms. The highest BCUT2D eigenvalue weighted by Crippen LogP contribution is 2.43. The molecule has 0 aliphatic rings. The lowest BCUT2D eigenvalue weighted by Crippen LogP contribution is -2.01. The average Bonchev–Trinajstić information content (AvgIpc) is 3.56. The Morgan fingerprint density at radius 2 is 0.959 bits per heavy atom. The van der Waals surface area contributed by atoms with Crippen molar-refractivity contribution in [3.05, 3.63) is 164 Å². The lowest BCUT2D eigenvalue weighted by atomic mass is 9.92. The number of fused-ring (bicyclic) bond motifs is 7. The van der Waals surface area contributed by atoms with Gasteiger partial charge in [-0.25, -0.2) is 15.0 Å². The maximum absolute atomic E-state index is 6.40. The fourth-order valence-electron chi connectivity index (χ4n) is 7.14. The third-order valence-electron chi connectivity index (χ3n) is 9.49. The molecule has 0 amide bonds. The van der Waals surface area contributed by atoms with E-state index in [0.29, 0.717) is 17.5 Å². The van der Waals surface area contributed by atoms with Gasteiger partial charge in [0.15, 0.2) is 17.5 Å². The normalized spacial score (nSPS) is 11.7. The van der Waals surface area contributed by atoms with Gasteiger partial charge >= 0.3 is 0 Å². The first-order chi connectivity index (χ1) is 24.3. The van der Waals surface area contributed by atoms with Crippen LogP contribution in [0.1, 0.15) is 0 Å². The number of nitrogens with zero attached hydrogens (tertiary/aromatic N) is 3. The molecule has 49 heavy (non-hydrogen) atoms. The highest BCUT2D eigenvalue weighted by atomic mass is 16.3. The Kier molecular flexibility index (Phi) is 6.15. The Bertz CT molecular complexity index is 2890. The van der Waals surface area contributed by atoms with E-state index in [1.165, 1.54) is 26.9 Å². The fraction of sp³-hybridized carbons (Fsp3) is 0. The van der Waals surface area contributed by atoms with Gasteiger partial charge in [-0.2, -0.15) is 0 Å². The first-order valence-corrected chi connectivity index (χ1v) is 16.4. The van der Waals surface area contributed by atoms with E-state index in [-0.39, 0.29) is 0 Å². The molecule has 0 N–H and O–H groups in total. The standard InChI is InChI=1S/C45H27N3O/c1-2-12-30(13-3-1)43-46-44(34-22-23-36-32(27-34)20-19-29-11-6-7-15-35(29)36)48-45(47-43)38-24-25-40-42(37-16-8-9-17-39(37)49-40)41(38)33-21-18-28-10-4-5-14-31(28)26-33/h1-27H. The Balaban J connectivity index is 1.26. The maximum Gasteiger partial charge on any atom is 0.164 e. The van der Waals surface area contributed by atoms with Gasteiger partial charge in [0.1, 0.15) is 11.2 Å². The smallest absolute Gasteiger partial charge is 0.164 e. The van der Waals surface area contributed by atoms with Crippen molar-refractivity contribution in [3.8, 4) is 45.3 Å². The molecule has 0 unspecified atom stereocenters. The third kappa shape index (κ3) is 4.57. The van der Waals surface area contributed by atoms with Crippen molar-refractivity contribution in [1.82, 2.24) is 15.0 Å². The van der Waals surface area contributed by atoms with E-state index in [0.717, 1.165) is 55.1 Å². The predicted octanol–water partition coefficient (Wildman–Crippen LogP) is 11.9. The number of furan rings is 1. The van der Waals surface area contributed by atoms with E-state index >= 15 is 0 Å². The summed E-state index contributed by atoms with van der Waals surface area (Å²) < 4.78 is 6.40.